The molecule has 0 aromatic heterocycles. The van der Waals surface area contributed by atoms with Crippen molar-refractivity contribution in [2.75, 3.05) is 11.9 Å². The third-order valence-electron chi connectivity index (χ3n) is 4.11. The Bertz CT molecular complexity index is 1170. The van der Waals surface area contributed by atoms with Crippen LogP contribution in [0.15, 0.2) is 47.4 Å². The second-order valence-corrected chi connectivity index (χ2v) is 7.76. The molecule has 32 heavy (non-hydrogen) atoms. The standard InChI is InChI=1S/C19H11ClF3N3O5S/c20-13-5-4-10(6-14(13)26(30)31)7-15-17(28)25(18(29)32-15)9-16(27)24-12-3-1-2-11(8-12)19(21,22)23/h1-8H,9H2,(H,24,27)/b15-7-. The molecule has 3 amide bonds. The smallest absolute Gasteiger partial charge is 0.325 e. The van der Waals surface area contributed by atoms with E-state index in [1.54, 1.807) is 0 Å². The molecular formula is C19H11ClF3N3O5S. The first-order valence-electron chi connectivity index (χ1n) is 8.62. The molecule has 0 saturated carbocycles. The van der Waals surface area contributed by atoms with E-state index in [2.05, 4.69) is 5.32 Å². The number of hydrogen-bond acceptors (Lipinski definition) is 6. The Hall–Kier alpha value is -3.38. The normalized spacial score (nSPS) is 15.4. The summed E-state index contributed by atoms with van der Waals surface area (Å²) < 4.78 is 38.4. The summed E-state index contributed by atoms with van der Waals surface area (Å²) in [4.78, 5) is 47.7. The van der Waals surface area contributed by atoms with E-state index in [-0.39, 0.29) is 26.9 Å². The van der Waals surface area contributed by atoms with Gasteiger partial charge >= 0.3 is 6.18 Å². The lowest BCUT2D eigenvalue weighted by Gasteiger charge is -2.13. The van der Waals surface area contributed by atoms with Crippen LogP contribution in [0.2, 0.25) is 5.02 Å². The van der Waals surface area contributed by atoms with Crippen molar-refractivity contribution in [3.63, 3.8) is 0 Å². The molecule has 1 fully saturated rings. The molecule has 1 N–H and O–H groups in total. The minimum absolute atomic E-state index is 0.0847. The second-order valence-electron chi connectivity index (χ2n) is 6.36. The van der Waals surface area contributed by atoms with E-state index in [9.17, 15) is 37.7 Å². The van der Waals surface area contributed by atoms with Crippen LogP contribution in [0.4, 0.5) is 29.3 Å². The lowest BCUT2D eigenvalue weighted by atomic mass is 10.2. The molecular weight excluding hydrogens is 475 g/mol. The largest absolute Gasteiger partial charge is 0.416 e. The number of alkyl halides is 3. The number of halogens is 4. The molecule has 13 heteroatoms. The van der Waals surface area contributed by atoms with E-state index < -0.39 is 40.3 Å². The van der Waals surface area contributed by atoms with E-state index in [4.69, 9.17) is 11.6 Å². The van der Waals surface area contributed by atoms with Gasteiger partial charge in [-0.05, 0) is 47.7 Å². The average Bonchev–Trinajstić information content (AvgIpc) is 2.96. The lowest BCUT2D eigenvalue weighted by Crippen LogP contribution is -2.36. The third-order valence-corrected chi connectivity index (χ3v) is 5.34. The summed E-state index contributed by atoms with van der Waals surface area (Å²) in [7, 11) is 0. The topological polar surface area (TPSA) is 110 Å². The molecule has 0 unspecified atom stereocenters. The summed E-state index contributed by atoms with van der Waals surface area (Å²) in [6.07, 6.45) is -3.37. The maximum Gasteiger partial charge on any atom is 0.416 e. The van der Waals surface area contributed by atoms with Crippen molar-refractivity contribution >= 4 is 57.9 Å². The molecule has 3 rings (SSSR count). The minimum atomic E-state index is -4.60. The number of nitrogens with zero attached hydrogens (tertiary/aromatic N) is 2. The molecule has 2 aromatic rings. The van der Waals surface area contributed by atoms with Gasteiger partial charge in [0.05, 0.1) is 15.4 Å². The van der Waals surface area contributed by atoms with Gasteiger partial charge in [0.15, 0.2) is 0 Å². The van der Waals surface area contributed by atoms with Crippen molar-refractivity contribution in [1.29, 1.82) is 0 Å². The molecule has 1 saturated heterocycles. The van der Waals surface area contributed by atoms with Gasteiger partial charge in [-0.1, -0.05) is 23.7 Å². The van der Waals surface area contributed by atoms with E-state index >= 15 is 0 Å². The molecule has 0 aliphatic carbocycles. The Morgan fingerprint density at radius 2 is 1.94 bits per heavy atom. The summed E-state index contributed by atoms with van der Waals surface area (Å²) in [6, 6.07) is 7.68. The first-order chi connectivity index (χ1) is 15.0. The number of nitro groups is 1. The number of rotatable bonds is 5. The van der Waals surface area contributed by atoms with E-state index in [1.165, 1.54) is 24.3 Å². The summed E-state index contributed by atoms with van der Waals surface area (Å²) in [5, 5.41) is 12.3. The Morgan fingerprint density at radius 3 is 2.59 bits per heavy atom. The number of imide groups is 1. The summed E-state index contributed by atoms with van der Waals surface area (Å²) in [5.74, 6) is -1.70. The highest BCUT2D eigenvalue weighted by atomic mass is 35.5. The van der Waals surface area contributed by atoms with Gasteiger partial charge in [-0.3, -0.25) is 29.4 Å². The van der Waals surface area contributed by atoms with E-state index in [1.807, 2.05) is 0 Å². The van der Waals surface area contributed by atoms with Crippen LogP contribution in [-0.2, 0) is 15.8 Å². The van der Waals surface area contributed by atoms with Crippen LogP contribution >= 0.6 is 23.4 Å². The van der Waals surface area contributed by atoms with E-state index in [0.717, 1.165) is 24.3 Å². The zero-order valence-electron chi connectivity index (χ0n) is 15.7. The first-order valence-corrected chi connectivity index (χ1v) is 9.81. The number of benzene rings is 2. The highest BCUT2D eigenvalue weighted by Gasteiger charge is 2.36. The molecule has 1 heterocycles. The molecule has 0 bridgehead atoms. The number of amides is 3. The maximum absolute atomic E-state index is 12.8. The Labute approximate surface area is 187 Å². The van der Waals surface area contributed by atoms with Crippen molar-refractivity contribution in [2.45, 2.75) is 6.18 Å². The number of nitro benzene ring substituents is 1. The quantitative estimate of drug-likeness (QED) is 0.365. The number of carbonyl (C=O) groups is 3. The zero-order chi connectivity index (χ0) is 23.6. The van der Waals surface area contributed by atoms with Gasteiger partial charge in [0.25, 0.3) is 16.8 Å². The lowest BCUT2D eigenvalue weighted by molar-refractivity contribution is -0.384. The van der Waals surface area contributed by atoms with Crippen LogP contribution in [0.1, 0.15) is 11.1 Å². The van der Waals surface area contributed by atoms with Crippen molar-refractivity contribution in [3.8, 4) is 0 Å². The predicted octanol–water partition coefficient (Wildman–Crippen LogP) is 4.94. The van der Waals surface area contributed by atoms with Crippen LogP contribution < -0.4 is 5.32 Å². The van der Waals surface area contributed by atoms with Gasteiger partial charge in [-0.2, -0.15) is 13.2 Å². The van der Waals surface area contributed by atoms with Crippen LogP contribution in [0, 0.1) is 10.1 Å². The zero-order valence-corrected chi connectivity index (χ0v) is 17.3. The van der Waals surface area contributed by atoms with Gasteiger partial charge in [-0.15, -0.1) is 0 Å². The van der Waals surface area contributed by atoms with Crippen LogP contribution in [0.3, 0.4) is 0 Å². The molecule has 0 atom stereocenters. The molecule has 0 radical (unpaired) electrons. The SMILES string of the molecule is O=C(CN1C(=O)S/C(=C\c2ccc(Cl)c([N+](=O)[O-])c2)C1=O)Nc1cccc(C(F)(F)F)c1. The Morgan fingerprint density at radius 1 is 1.22 bits per heavy atom. The van der Waals surface area contributed by atoms with Gasteiger partial charge in [-0.25, -0.2) is 0 Å². The fourth-order valence-corrected chi connectivity index (χ4v) is 3.69. The monoisotopic (exact) mass is 485 g/mol. The predicted molar refractivity (Wildman–Crippen MR) is 111 cm³/mol. The molecule has 8 nitrogen and oxygen atoms in total. The molecule has 1 aliphatic rings. The third kappa shape index (κ3) is 5.26. The summed E-state index contributed by atoms with van der Waals surface area (Å²) in [6.45, 7) is -0.723. The Balaban J connectivity index is 1.73. The van der Waals surface area contributed by atoms with Crippen molar-refractivity contribution in [2.24, 2.45) is 0 Å². The minimum Gasteiger partial charge on any atom is -0.325 e. The van der Waals surface area contributed by atoms with Crippen molar-refractivity contribution in [3.05, 3.63) is 73.6 Å². The maximum atomic E-state index is 12.8. The number of hydrogen-bond donors (Lipinski definition) is 1. The second kappa shape index (κ2) is 9.01. The number of nitrogens with one attached hydrogen (secondary N) is 1. The van der Waals surface area contributed by atoms with Gasteiger partial charge < -0.3 is 5.32 Å². The van der Waals surface area contributed by atoms with E-state index in [0.29, 0.717) is 16.7 Å². The van der Waals surface area contributed by atoms with Crippen LogP contribution in [0.5, 0.6) is 0 Å². The van der Waals surface area contributed by atoms with Gasteiger partial charge in [0.2, 0.25) is 5.91 Å². The van der Waals surface area contributed by atoms with Gasteiger partial charge in [0.1, 0.15) is 11.6 Å². The fraction of sp³-hybridized carbons (Fsp3) is 0.105. The molecule has 2 aromatic carbocycles. The fourth-order valence-electron chi connectivity index (χ4n) is 2.66. The van der Waals surface area contributed by atoms with Crippen LogP contribution in [-0.4, -0.2) is 33.4 Å². The summed E-state index contributed by atoms with van der Waals surface area (Å²) >= 11 is 6.25. The van der Waals surface area contributed by atoms with Gasteiger partial charge in [0, 0.05) is 11.8 Å². The number of carbonyl (C=O) groups excluding carboxylic acids is 3. The highest BCUT2D eigenvalue weighted by Crippen LogP contribution is 2.34. The van der Waals surface area contributed by atoms with Crippen molar-refractivity contribution < 1.29 is 32.5 Å². The number of anilines is 1. The molecule has 166 valence electrons. The number of thioether (sulfide) groups is 1. The van der Waals surface area contributed by atoms with Crippen molar-refractivity contribution in [1.82, 2.24) is 4.90 Å². The average molecular weight is 486 g/mol. The summed E-state index contributed by atoms with van der Waals surface area (Å²) in [5.41, 5.74) is -1.28. The molecule has 1 aliphatic heterocycles. The first kappa shape index (κ1) is 23.3. The highest BCUT2D eigenvalue weighted by molar-refractivity contribution is 8.18. The molecule has 0 spiro atoms. The van der Waals surface area contributed by atoms with Crippen LogP contribution in [0.25, 0.3) is 6.08 Å². The Kier molecular flexibility index (Phi) is 6.55.